The zero-order valence-corrected chi connectivity index (χ0v) is 18.0. The normalized spacial score (nSPS) is 29.2. The molecule has 0 bridgehead atoms. The maximum Gasteiger partial charge on any atom is 0.414 e. The van der Waals surface area contributed by atoms with Crippen LogP contribution in [0.25, 0.3) is 0 Å². The molecule has 1 fully saturated rings. The Morgan fingerprint density at radius 1 is 1.45 bits per heavy atom. The molecule has 1 saturated carbocycles. The number of fused-ring (bicyclic) bond motifs is 1. The molecule has 4 unspecified atom stereocenters. The van der Waals surface area contributed by atoms with Crippen molar-refractivity contribution >= 4 is 28.7 Å². The summed E-state index contributed by atoms with van der Waals surface area (Å²) in [5.41, 5.74) is 4.62. The fourth-order valence-corrected chi connectivity index (χ4v) is 5.42. The van der Waals surface area contributed by atoms with Gasteiger partial charge in [-0.3, -0.25) is 9.62 Å². The fourth-order valence-electron chi connectivity index (χ4n) is 3.80. The number of anilines is 1. The number of halogens is 1. The van der Waals surface area contributed by atoms with Crippen LogP contribution in [0.2, 0.25) is 0 Å². The van der Waals surface area contributed by atoms with Gasteiger partial charge in [-0.25, -0.2) is 18.4 Å². The summed E-state index contributed by atoms with van der Waals surface area (Å²) in [5.74, 6) is -0.449. The lowest BCUT2D eigenvalue weighted by Crippen LogP contribution is -2.55. The Bertz CT molecular complexity index is 872. The summed E-state index contributed by atoms with van der Waals surface area (Å²) in [6.07, 6.45) is -0.246. The van der Waals surface area contributed by atoms with Crippen molar-refractivity contribution in [2.45, 2.75) is 56.1 Å². The molecule has 0 radical (unpaired) electrons. The van der Waals surface area contributed by atoms with E-state index in [0.717, 1.165) is 0 Å². The van der Waals surface area contributed by atoms with Crippen LogP contribution in [-0.2, 0) is 26.0 Å². The molecule has 8 nitrogen and oxygen atoms in total. The Kier molecular flexibility index (Phi) is 5.61. The lowest BCUT2D eigenvalue weighted by atomic mass is 9.87. The van der Waals surface area contributed by atoms with Crippen LogP contribution in [-0.4, -0.2) is 51.7 Å². The molecule has 10 heteroatoms. The molecule has 1 aromatic rings. The molecule has 0 spiro atoms. The zero-order valence-electron chi connectivity index (χ0n) is 17.2. The van der Waals surface area contributed by atoms with Gasteiger partial charge in [0.15, 0.2) is 0 Å². The highest BCUT2D eigenvalue weighted by Crippen LogP contribution is 2.49. The van der Waals surface area contributed by atoms with Crippen LogP contribution < -0.4 is 11.1 Å². The van der Waals surface area contributed by atoms with E-state index in [0.29, 0.717) is 18.5 Å². The Hall–Kier alpha value is -2.20. The van der Waals surface area contributed by atoms with Gasteiger partial charge in [-0.05, 0) is 45.4 Å². The predicted octanol–water partition coefficient (Wildman–Crippen LogP) is 2.27. The number of amides is 1. The van der Waals surface area contributed by atoms with Crippen LogP contribution in [0.4, 0.5) is 14.9 Å². The zero-order chi connectivity index (χ0) is 21.6. The fraction of sp³-hybridized carbons (Fsp3) is 0.579. The van der Waals surface area contributed by atoms with Gasteiger partial charge in [-0.1, -0.05) is 0 Å². The Balaban J connectivity index is 2.10. The molecule has 3 rings (SSSR count). The average molecular weight is 427 g/mol. The SMILES string of the molecule is COC1CC2S(=O)N(C)C(NC(=O)OC(C)(C)C)=NC2(c2cc(N)ccc2F)C1. The maximum absolute atomic E-state index is 14.9. The van der Waals surface area contributed by atoms with E-state index < -0.39 is 39.3 Å². The first-order valence-corrected chi connectivity index (χ1v) is 10.5. The van der Waals surface area contributed by atoms with Gasteiger partial charge >= 0.3 is 6.09 Å². The van der Waals surface area contributed by atoms with Gasteiger partial charge in [0.2, 0.25) is 5.96 Å². The number of nitrogens with two attached hydrogens (primary N) is 1. The first-order valence-electron chi connectivity index (χ1n) is 9.29. The highest BCUT2D eigenvalue weighted by atomic mass is 32.2. The summed E-state index contributed by atoms with van der Waals surface area (Å²) in [4.78, 5) is 17.0. The van der Waals surface area contributed by atoms with E-state index in [4.69, 9.17) is 20.2 Å². The quantitative estimate of drug-likeness (QED) is 0.706. The number of rotatable bonds is 2. The molecule has 3 N–H and O–H groups in total. The van der Waals surface area contributed by atoms with Crippen LogP contribution >= 0.6 is 0 Å². The number of carbonyl (C=O) groups is 1. The van der Waals surface area contributed by atoms with Gasteiger partial charge in [0.25, 0.3) is 0 Å². The number of methoxy groups -OCH3 is 1. The molecule has 1 aliphatic carbocycles. The molecule has 1 heterocycles. The van der Waals surface area contributed by atoms with Crippen molar-refractivity contribution in [3.8, 4) is 0 Å². The summed E-state index contributed by atoms with van der Waals surface area (Å²) in [7, 11) is 1.53. The smallest absolute Gasteiger partial charge is 0.414 e. The van der Waals surface area contributed by atoms with Crippen LogP contribution in [0.1, 0.15) is 39.2 Å². The second kappa shape index (κ2) is 7.56. The minimum Gasteiger partial charge on any atom is -0.444 e. The number of benzene rings is 1. The molecular weight excluding hydrogens is 399 g/mol. The number of hydrogen-bond acceptors (Lipinski definition) is 6. The molecule has 1 aromatic carbocycles. The summed E-state index contributed by atoms with van der Waals surface area (Å²) >= 11 is 0. The number of alkyl carbamates (subject to hydrolysis) is 1. The average Bonchev–Trinajstić information content (AvgIpc) is 3.00. The minimum atomic E-state index is -1.59. The Morgan fingerprint density at radius 2 is 2.14 bits per heavy atom. The van der Waals surface area contributed by atoms with Crippen molar-refractivity contribution in [2.24, 2.45) is 4.99 Å². The van der Waals surface area contributed by atoms with Crippen molar-refractivity contribution in [3.63, 3.8) is 0 Å². The number of aliphatic imine (C=N–C) groups is 1. The monoisotopic (exact) mass is 426 g/mol. The molecule has 160 valence electrons. The van der Waals surface area contributed by atoms with Crippen LogP contribution in [0.5, 0.6) is 0 Å². The molecule has 0 saturated heterocycles. The molecule has 4 atom stereocenters. The lowest BCUT2D eigenvalue weighted by Gasteiger charge is -2.40. The minimum absolute atomic E-state index is 0.0485. The highest BCUT2D eigenvalue weighted by Gasteiger charge is 2.57. The molecule has 29 heavy (non-hydrogen) atoms. The van der Waals surface area contributed by atoms with E-state index in [2.05, 4.69) is 5.32 Å². The van der Waals surface area contributed by atoms with Crippen molar-refractivity contribution in [3.05, 3.63) is 29.6 Å². The highest BCUT2D eigenvalue weighted by molar-refractivity contribution is 7.84. The molecule has 0 aromatic heterocycles. The van der Waals surface area contributed by atoms with Crippen molar-refractivity contribution in [2.75, 3.05) is 19.9 Å². The third-order valence-electron chi connectivity index (χ3n) is 5.07. The third kappa shape index (κ3) is 4.09. The van der Waals surface area contributed by atoms with Crippen LogP contribution in [0.3, 0.4) is 0 Å². The van der Waals surface area contributed by atoms with Gasteiger partial charge in [0.1, 0.15) is 27.9 Å². The van der Waals surface area contributed by atoms with E-state index >= 15 is 0 Å². The number of nitrogen functional groups attached to an aromatic ring is 1. The maximum atomic E-state index is 14.9. The summed E-state index contributed by atoms with van der Waals surface area (Å²) in [6.45, 7) is 5.20. The number of hydrogen-bond donors (Lipinski definition) is 2. The predicted molar refractivity (Wildman–Crippen MR) is 109 cm³/mol. The Labute approximate surface area is 172 Å². The lowest BCUT2D eigenvalue weighted by molar-refractivity contribution is 0.0559. The van der Waals surface area contributed by atoms with Crippen LogP contribution in [0.15, 0.2) is 23.2 Å². The number of ether oxygens (including phenoxy) is 2. The summed E-state index contributed by atoms with van der Waals surface area (Å²) in [5, 5.41) is 2.03. The van der Waals surface area contributed by atoms with Gasteiger partial charge in [0.05, 0.1) is 11.4 Å². The van der Waals surface area contributed by atoms with E-state index in [9.17, 15) is 13.4 Å². The van der Waals surface area contributed by atoms with Gasteiger partial charge < -0.3 is 15.2 Å². The second-order valence-electron chi connectivity index (χ2n) is 8.29. The number of nitrogens with zero attached hydrogens (tertiary/aromatic N) is 2. The number of carbonyl (C=O) groups excluding carboxylic acids is 1. The van der Waals surface area contributed by atoms with E-state index in [1.165, 1.54) is 22.5 Å². The summed E-state index contributed by atoms with van der Waals surface area (Å²) in [6, 6.07) is 4.24. The Morgan fingerprint density at radius 3 is 2.76 bits per heavy atom. The van der Waals surface area contributed by atoms with Gasteiger partial charge in [-0.15, -0.1) is 0 Å². The van der Waals surface area contributed by atoms with E-state index in [1.54, 1.807) is 34.9 Å². The third-order valence-corrected chi connectivity index (χ3v) is 6.85. The first-order chi connectivity index (χ1) is 13.5. The van der Waals surface area contributed by atoms with Gasteiger partial charge in [-0.2, -0.15) is 0 Å². The first kappa shape index (κ1) is 21.5. The topological polar surface area (TPSA) is 106 Å². The van der Waals surface area contributed by atoms with Crippen molar-refractivity contribution in [1.82, 2.24) is 9.62 Å². The number of nitrogens with one attached hydrogen (secondary N) is 1. The molecular formula is C19H27FN4O4S. The second-order valence-corrected chi connectivity index (χ2v) is 9.95. The standard InChI is InChI=1S/C19H27FN4O4S/c1-18(2,3)28-17(25)22-16-23-19(13-8-11(21)6-7-14(13)20)10-12(27-5)9-15(19)29(26)24(16)4/h6-8,12,15H,9-10,21H2,1-5H3,(H,22,23,25). The number of guanidine groups is 1. The molecule has 2 aliphatic rings. The van der Waals surface area contributed by atoms with Gasteiger partial charge in [0, 0.05) is 31.8 Å². The van der Waals surface area contributed by atoms with Crippen LogP contribution in [0, 0.1) is 5.82 Å². The molecule has 1 amide bonds. The summed E-state index contributed by atoms with van der Waals surface area (Å²) < 4.78 is 40.3. The van der Waals surface area contributed by atoms with Crippen molar-refractivity contribution in [1.29, 1.82) is 0 Å². The van der Waals surface area contributed by atoms with E-state index in [1.807, 2.05) is 0 Å². The van der Waals surface area contributed by atoms with E-state index in [-0.39, 0.29) is 17.6 Å². The van der Waals surface area contributed by atoms with Crippen molar-refractivity contribution < 1.29 is 22.9 Å². The largest absolute Gasteiger partial charge is 0.444 e. The molecule has 1 aliphatic heterocycles.